The molecule has 2 aliphatic rings. The molecule has 118 valence electrons. The fourth-order valence-electron chi connectivity index (χ4n) is 2.52. The van der Waals surface area contributed by atoms with Gasteiger partial charge in [-0.05, 0) is 11.6 Å². The molecule has 1 aromatic carbocycles. The minimum Gasteiger partial charge on any atom is -0.460 e. The molecule has 0 spiro atoms. The van der Waals surface area contributed by atoms with E-state index >= 15 is 0 Å². The van der Waals surface area contributed by atoms with Crippen LogP contribution >= 0.6 is 0 Å². The molecule has 3 rings (SSSR count). The number of ether oxygens (including phenoxy) is 3. The van der Waals surface area contributed by atoms with Crippen molar-refractivity contribution in [2.24, 2.45) is 0 Å². The fourth-order valence-corrected chi connectivity index (χ4v) is 2.52. The number of carbonyl (C=O) groups excluding carboxylic acids is 1. The van der Waals surface area contributed by atoms with Gasteiger partial charge in [-0.25, -0.2) is 4.79 Å². The van der Waals surface area contributed by atoms with E-state index in [9.17, 15) is 15.0 Å². The maximum Gasteiger partial charge on any atom is 0.330 e. The number of rotatable bonds is 4. The minimum atomic E-state index is -1.13. The molecule has 2 fully saturated rings. The van der Waals surface area contributed by atoms with Crippen LogP contribution in [0.1, 0.15) is 5.56 Å². The van der Waals surface area contributed by atoms with Crippen molar-refractivity contribution >= 4 is 12.0 Å². The first-order valence-electron chi connectivity index (χ1n) is 7.18. The molecule has 22 heavy (non-hydrogen) atoms. The summed E-state index contributed by atoms with van der Waals surface area (Å²) in [5.41, 5.74) is 0.887. The minimum absolute atomic E-state index is 0.112. The number of esters is 1. The first-order valence-corrected chi connectivity index (χ1v) is 7.18. The van der Waals surface area contributed by atoms with E-state index in [0.29, 0.717) is 6.61 Å². The molecule has 2 aliphatic heterocycles. The molecule has 2 N–H and O–H groups in total. The molecule has 1 aromatic rings. The molecule has 0 saturated carbocycles. The number of hydrogen-bond donors (Lipinski definition) is 2. The van der Waals surface area contributed by atoms with Crippen molar-refractivity contribution in [3.8, 4) is 0 Å². The van der Waals surface area contributed by atoms with Gasteiger partial charge < -0.3 is 24.4 Å². The maximum atomic E-state index is 11.7. The van der Waals surface area contributed by atoms with Crippen LogP contribution in [0, 0.1) is 0 Å². The van der Waals surface area contributed by atoms with E-state index in [4.69, 9.17) is 14.2 Å². The Labute approximate surface area is 127 Å². The molecule has 6 nitrogen and oxygen atoms in total. The van der Waals surface area contributed by atoms with Gasteiger partial charge in [0.2, 0.25) is 0 Å². The van der Waals surface area contributed by atoms with E-state index in [1.165, 1.54) is 6.08 Å². The van der Waals surface area contributed by atoms with Crippen molar-refractivity contribution in [3.63, 3.8) is 0 Å². The molecular formula is C16H18O6. The van der Waals surface area contributed by atoms with Crippen molar-refractivity contribution in [1.82, 2.24) is 0 Å². The Bertz CT molecular complexity index is 543. The molecule has 0 radical (unpaired) electrons. The Hall–Kier alpha value is -1.73. The summed E-state index contributed by atoms with van der Waals surface area (Å²) in [6, 6.07) is 9.36. The van der Waals surface area contributed by atoms with Gasteiger partial charge in [0.1, 0.15) is 37.1 Å². The van der Waals surface area contributed by atoms with Crippen molar-refractivity contribution < 1.29 is 29.2 Å². The summed E-state index contributed by atoms with van der Waals surface area (Å²) in [6.45, 7) is 0.270. The molecule has 0 bridgehead atoms. The molecule has 0 aliphatic carbocycles. The lowest BCUT2D eigenvalue weighted by Crippen LogP contribution is -2.66. The monoisotopic (exact) mass is 306 g/mol. The number of aliphatic hydroxyl groups excluding tert-OH is 2. The predicted molar refractivity (Wildman–Crippen MR) is 76.8 cm³/mol. The third-order valence-electron chi connectivity index (χ3n) is 3.84. The molecule has 2 saturated heterocycles. The van der Waals surface area contributed by atoms with Crippen LogP contribution in [0.4, 0.5) is 0 Å². The predicted octanol–water partition coefficient (Wildman–Crippen LogP) is 0.131. The van der Waals surface area contributed by atoms with Gasteiger partial charge in [0.05, 0.1) is 6.61 Å². The normalized spacial score (nSPS) is 34.0. The zero-order valence-electron chi connectivity index (χ0n) is 11.9. The lowest BCUT2D eigenvalue weighted by molar-refractivity contribution is -0.305. The summed E-state index contributed by atoms with van der Waals surface area (Å²) in [6.07, 6.45) is -0.666. The Balaban J connectivity index is 1.49. The van der Waals surface area contributed by atoms with Gasteiger partial charge in [-0.15, -0.1) is 0 Å². The second-order valence-corrected chi connectivity index (χ2v) is 5.37. The molecule has 0 aromatic heterocycles. The number of hydrogen-bond acceptors (Lipinski definition) is 6. The molecule has 5 atom stereocenters. The van der Waals surface area contributed by atoms with Crippen LogP contribution in [0.2, 0.25) is 0 Å². The van der Waals surface area contributed by atoms with Crippen LogP contribution in [-0.4, -0.2) is 59.9 Å². The topological polar surface area (TPSA) is 85.2 Å². The van der Waals surface area contributed by atoms with Crippen molar-refractivity contribution in [3.05, 3.63) is 42.0 Å². The van der Waals surface area contributed by atoms with Gasteiger partial charge in [0, 0.05) is 6.08 Å². The van der Waals surface area contributed by atoms with Crippen LogP contribution < -0.4 is 0 Å². The van der Waals surface area contributed by atoms with Crippen molar-refractivity contribution in [2.45, 2.75) is 30.5 Å². The maximum absolute atomic E-state index is 11.7. The molecule has 0 amide bonds. The van der Waals surface area contributed by atoms with Gasteiger partial charge in [-0.2, -0.15) is 0 Å². The smallest absolute Gasteiger partial charge is 0.330 e. The number of fused-ring (bicyclic) bond motifs is 1. The second kappa shape index (κ2) is 6.58. The van der Waals surface area contributed by atoms with Crippen LogP contribution in [0.15, 0.2) is 36.4 Å². The Morgan fingerprint density at radius 2 is 2.05 bits per heavy atom. The van der Waals surface area contributed by atoms with E-state index in [0.717, 1.165) is 5.56 Å². The average Bonchev–Trinajstić information content (AvgIpc) is 2.51. The Morgan fingerprint density at radius 3 is 2.73 bits per heavy atom. The third-order valence-corrected chi connectivity index (χ3v) is 3.84. The van der Waals surface area contributed by atoms with Crippen LogP contribution in [0.25, 0.3) is 6.08 Å². The van der Waals surface area contributed by atoms with Crippen LogP contribution in [0.3, 0.4) is 0 Å². The van der Waals surface area contributed by atoms with Gasteiger partial charge in [-0.3, -0.25) is 0 Å². The second-order valence-electron chi connectivity index (χ2n) is 5.37. The summed E-state index contributed by atoms with van der Waals surface area (Å²) < 4.78 is 15.7. The summed E-state index contributed by atoms with van der Waals surface area (Å²) in [5.74, 6) is -0.527. The third kappa shape index (κ3) is 3.20. The highest BCUT2D eigenvalue weighted by Crippen LogP contribution is 2.30. The zero-order chi connectivity index (χ0) is 15.5. The molecule has 3 unspecified atom stereocenters. The molecule has 6 heteroatoms. The largest absolute Gasteiger partial charge is 0.460 e. The lowest BCUT2D eigenvalue weighted by Gasteiger charge is -2.48. The summed E-state index contributed by atoms with van der Waals surface area (Å²) in [7, 11) is 0. The Kier molecular flexibility index (Phi) is 4.54. The summed E-state index contributed by atoms with van der Waals surface area (Å²) in [5, 5.41) is 19.8. The number of carbonyl (C=O) groups is 1. The first-order chi connectivity index (χ1) is 10.6. The highest BCUT2D eigenvalue weighted by atomic mass is 16.6. The van der Waals surface area contributed by atoms with Gasteiger partial charge in [0.25, 0.3) is 0 Å². The van der Waals surface area contributed by atoms with E-state index < -0.39 is 30.4 Å². The SMILES string of the molecule is O=C(/C=C/c1ccccc1)OCC1O[C@@H]2COC2C(O)[C@@H]1O. The standard InChI is InChI=1S/C16H18O6/c17-13(7-6-10-4-2-1-3-5-10)20-8-11-14(18)15(19)16-12(22-11)9-21-16/h1-7,11-12,14-16,18-19H,8-9H2/b7-6+/t11?,12-,14-,15?,16?/m1/s1. The van der Waals surface area contributed by atoms with Crippen LogP contribution in [0.5, 0.6) is 0 Å². The quantitative estimate of drug-likeness (QED) is 0.607. The van der Waals surface area contributed by atoms with Crippen molar-refractivity contribution in [1.29, 1.82) is 0 Å². The Morgan fingerprint density at radius 1 is 1.27 bits per heavy atom. The van der Waals surface area contributed by atoms with Crippen LogP contribution in [-0.2, 0) is 19.0 Å². The number of benzene rings is 1. The summed E-state index contributed by atoms with van der Waals surface area (Å²) >= 11 is 0. The summed E-state index contributed by atoms with van der Waals surface area (Å²) in [4.78, 5) is 11.7. The van der Waals surface area contributed by atoms with E-state index in [2.05, 4.69) is 0 Å². The lowest BCUT2D eigenvalue weighted by atomic mass is 9.92. The fraction of sp³-hybridized carbons (Fsp3) is 0.438. The van der Waals surface area contributed by atoms with Gasteiger partial charge in [-0.1, -0.05) is 30.3 Å². The zero-order valence-corrected chi connectivity index (χ0v) is 11.9. The molecule has 2 heterocycles. The highest BCUT2D eigenvalue weighted by molar-refractivity contribution is 5.87. The average molecular weight is 306 g/mol. The van der Waals surface area contributed by atoms with E-state index in [1.807, 2.05) is 30.3 Å². The van der Waals surface area contributed by atoms with Crippen molar-refractivity contribution in [2.75, 3.05) is 13.2 Å². The highest BCUT2D eigenvalue weighted by Gasteiger charge is 2.50. The van der Waals surface area contributed by atoms with E-state index in [-0.39, 0.29) is 12.7 Å². The molecular weight excluding hydrogens is 288 g/mol. The van der Waals surface area contributed by atoms with Gasteiger partial charge in [0.15, 0.2) is 0 Å². The number of aliphatic hydroxyl groups is 2. The first kappa shape index (κ1) is 15.2. The van der Waals surface area contributed by atoms with E-state index in [1.54, 1.807) is 6.08 Å². The van der Waals surface area contributed by atoms with Gasteiger partial charge >= 0.3 is 5.97 Å².